The number of carbonyl (C=O) groups is 2. The molecule has 2 aromatic rings. The van der Waals surface area contributed by atoms with Gasteiger partial charge in [-0.2, -0.15) is 13.2 Å². The number of hydrogen-bond donors (Lipinski definition) is 1. The second-order valence-electron chi connectivity index (χ2n) is 5.11. The number of esters is 1. The molecule has 138 valence electrons. The summed E-state index contributed by atoms with van der Waals surface area (Å²) in [5, 5.41) is 1.77. The van der Waals surface area contributed by atoms with Crippen LogP contribution in [0.15, 0.2) is 40.1 Å². The van der Waals surface area contributed by atoms with Crippen LogP contribution in [-0.4, -0.2) is 24.7 Å². The molecule has 1 amide bonds. The van der Waals surface area contributed by atoms with Gasteiger partial charge >= 0.3 is 18.1 Å². The fourth-order valence-electron chi connectivity index (χ4n) is 2.23. The Kier molecular flexibility index (Phi) is 5.49. The smallest absolute Gasteiger partial charge is 0.460 e. The zero-order chi connectivity index (χ0) is 19.5. The minimum atomic E-state index is -5.09. The summed E-state index contributed by atoms with van der Waals surface area (Å²) in [5.41, 5.74) is -0.823. The fourth-order valence-corrected chi connectivity index (χ4v) is 2.23. The number of rotatable bonds is 5. The van der Waals surface area contributed by atoms with Gasteiger partial charge in [0.15, 0.2) is 5.43 Å². The van der Waals surface area contributed by atoms with Crippen molar-refractivity contribution in [2.45, 2.75) is 19.5 Å². The molecule has 0 spiro atoms. The first-order valence-corrected chi connectivity index (χ1v) is 7.45. The summed E-state index contributed by atoms with van der Waals surface area (Å²) in [6.45, 7) is 5.10. The number of hydrogen-bond acceptors (Lipinski definition) is 5. The average molecular weight is 369 g/mol. The van der Waals surface area contributed by atoms with Crippen molar-refractivity contribution in [1.82, 2.24) is 0 Å². The number of carbonyl (C=O) groups excluding carboxylic acids is 2. The molecule has 1 aromatic carbocycles. The lowest BCUT2D eigenvalue weighted by Crippen LogP contribution is -2.30. The minimum Gasteiger partial charge on any atom is -0.460 e. The normalized spacial score (nSPS) is 11.2. The molecule has 1 N–H and O–H groups in total. The van der Waals surface area contributed by atoms with Crippen LogP contribution in [0, 0.1) is 0 Å². The van der Waals surface area contributed by atoms with Gasteiger partial charge in [-0.3, -0.25) is 9.59 Å². The van der Waals surface area contributed by atoms with Crippen molar-refractivity contribution >= 4 is 28.5 Å². The molecular weight excluding hydrogens is 355 g/mol. The summed E-state index contributed by atoms with van der Waals surface area (Å²) in [7, 11) is 0. The predicted molar refractivity (Wildman–Crippen MR) is 87.0 cm³/mol. The van der Waals surface area contributed by atoms with Crippen molar-refractivity contribution in [2.75, 3.05) is 11.9 Å². The Morgan fingerprint density at radius 3 is 2.62 bits per heavy atom. The number of benzene rings is 1. The van der Waals surface area contributed by atoms with Crippen LogP contribution in [0.1, 0.15) is 23.0 Å². The van der Waals surface area contributed by atoms with Gasteiger partial charge in [0.2, 0.25) is 5.76 Å². The van der Waals surface area contributed by atoms with Crippen LogP contribution in [0.5, 0.6) is 0 Å². The Morgan fingerprint density at radius 2 is 2.04 bits per heavy atom. The SMILES string of the molecule is C=CCc1c(NC(=O)C(F)(F)F)ccc2c(=O)cc(C(=O)OCC)oc12. The summed E-state index contributed by atoms with van der Waals surface area (Å²) in [4.78, 5) is 35.2. The zero-order valence-corrected chi connectivity index (χ0v) is 13.6. The Morgan fingerprint density at radius 1 is 1.35 bits per heavy atom. The van der Waals surface area contributed by atoms with Crippen LogP contribution in [0.2, 0.25) is 0 Å². The van der Waals surface area contributed by atoms with Gasteiger partial charge in [0.1, 0.15) is 5.58 Å². The number of halogens is 3. The summed E-state index contributed by atoms with van der Waals surface area (Å²) in [6.07, 6.45) is -3.75. The van der Waals surface area contributed by atoms with Crippen molar-refractivity contribution in [3.8, 4) is 0 Å². The number of amides is 1. The van der Waals surface area contributed by atoms with Crippen molar-refractivity contribution in [2.24, 2.45) is 0 Å². The highest BCUT2D eigenvalue weighted by Gasteiger charge is 2.39. The second-order valence-corrected chi connectivity index (χ2v) is 5.11. The third kappa shape index (κ3) is 3.93. The number of anilines is 1. The Labute approximate surface area is 145 Å². The van der Waals surface area contributed by atoms with E-state index >= 15 is 0 Å². The average Bonchev–Trinajstić information content (AvgIpc) is 2.56. The van der Waals surface area contributed by atoms with Gasteiger partial charge in [0.25, 0.3) is 0 Å². The fraction of sp³-hybridized carbons (Fsp3) is 0.235. The highest BCUT2D eigenvalue weighted by atomic mass is 19.4. The van der Waals surface area contributed by atoms with Crippen molar-refractivity contribution < 1.29 is 31.9 Å². The molecule has 0 unspecified atom stereocenters. The Bertz CT molecular complexity index is 930. The molecule has 0 radical (unpaired) electrons. The van der Waals surface area contributed by atoms with Crippen molar-refractivity contribution in [3.63, 3.8) is 0 Å². The molecule has 1 heterocycles. The zero-order valence-electron chi connectivity index (χ0n) is 13.6. The Hall–Kier alpha value is -3.10. The largest absolute Gasteiger partial charge is 0.471 e. The van der Waals surface area contributed by atoms with Gasteiger partial charge < -0.3 is 14.5 Å². The number of fused-ring (bicyclic) bond motifs is 1. The van der Waals surface area contributed by atoms with Gasteiger partial charge in [0, 0.05) is 17.3 Å². The van der Waals surface area contributed by atoms with Crippen molar-refractivity contribution in [1.29, 1.82) is 0 Å². The first-order chi connectivity index (χ1) is 12.2. The van der Waals surface area contributed by atoms with Gasteiger partial charge in [-0.05, 0) is 25.5 Å². The summed E-state index contributed by atoms with van der Waals surface area (Å²) in [6, 6.07) is 3.30. The second kappa shape index (κ2) is 7.42. The topological polar surface area (TPSA) is 85.6 Å². The quantitative estimate of drug-likeness (QED) is 0.646. The third-order valence-electron chi connectivity index (χ3n) is 3.33. The van der Waals surface area contributed by atoms with E-state index in [0.717, 1.165) is 12.1 Å². The van der Waals surface area contributed by atoms with E-state index in [4.69, 9.17) is 9.15 Å². The number of alkyl halides is 3. The minimum absolute atomic E-state index is 0.0139. The van der Waals surface area contributed by atoms with Crippen LogP contribution >= 0.6 is 0 Å². The van der Waals surface area contributed by atoms with E-state index in [9.17, 15) is 27.6 Å². The monoisotopic (exact) mass is 369 g/mol. The van der Waals surface area contributed by atoms with Gasteiger partial charge in [0.05, 0.1) is 12.0 Å². The highest BCUT2D eigenvalue weighted by Crippen LogP contribution is 2.28. The van der Waals surface area contributed by atoms with E-state index < -0.39 is 29.2 Å². The molecule has 0 saturated carbocycles. The lowest BCUT2D eigenvalue weighted by Gasteiger charge is -2.13. The molecule has 0 aliphatic carbocycles. The van der Waals surface area contributed by atoms with E-state index in [1.54, 1.807) is 12.2 Å². The molecule has 1 aromatic heterocycles. The maximum atomic E-state index is 12.5. The van der Waals surface area contributed by atoms with E-state index in [-0.39, 0.29) is 35.2 Å². The first kappa shape index (κ1) is 19.2. The molecule has 0 fully saturated rings. The van der Waals surface area contributed by atoms with Crippen LogP contribution in [0.4, 0.5) is 18.9 Å². The summed E-state index contributed by atoms with van der Waals surface area (Å²) >= 11 is 0. The van der Waals surface area contributed by atoms with Crippen LogP contribution in [0.25, 0.3) is 11.0 Å². The molecule has 6 nitrogen and oxygen atoms in total. The molecule has 0 aliphatic rings. The van der Waals surface area contributed by atoms with Crippen molar-refractivity contribution in [3.05, 3.63) is 52.4 Å². The maximum absolute atomic E-state index is 12.5. The van der Waals surface area contributed by atoms with E-state index in [0.29, 0.717) is 0 Å². The summed E-state index contributed by atoms with van der Waals surface area (Å²) in [5.74, 6) is -3.46. The molecule has 0 saturated heterocycles. The first-order valence-electron chi connectivity index (χ1n) is 7.45. The predicted octanol–water partition coefficient (Wildman–Crippen LogP) is 3.20. The lowest BCUT2D eigenvalue weighted by atomic mass is 10.0. The van der Waals surface area contributed by atoms with E-state index in [2.05, 4.69) is 6.58 Å². The third-order valence-corrected chi connectivity index (χ3v) is 3.33. The number of ether oxygens (including phenoxy) is 1. The van der Waals surface area contributed by atoms with Gasteiger partial charge in [-0.1, -0.05) is 6.08 Å². The van der Waals surface area contributed by atoms with E-state index in [1.807, 2.05) is 0 Å². The molecular formula is C17H14F3NO5. The molecule has 2 rings (SSSR count). The van der Waals surface area contributed by atoms with Gasteiger partial charge in [-0.15, -0.1) is 6.58 Å². The Balaban J connectivity index is 2.67. The van der Waals surface area contributed by atoms with Crippen LogP contribution in [0.3, 0.4) is 0 Å². The van der Waals surface area contributed by atoms with Crippen LogP contribution < -0.4 is 10.7 Å². The maximum Gasteiger partial charge on any atom is 0.471 e. The lowest BCUT2D eigenvalue weighted by molar-refractivity contribution is -0.167. The highest BCUT2D eigenvalue weighted by molar-refractivity contribution is 5.98. The molecule has 0 bridgehead atoms. The summed E-state index contributed by atoms with van der Waals surface area (Å²) < 4.78 is 47.7. The molecule has 0 aliphatic heterocycles. The van der Waals surface area contributed by atoms with Crippen LogP contribution in [-0.2, 0) is 16.0 Å². The van der Waals surface area contributed by atoms with E-state index in [1.165, 1.54) is 12.1 Å². The molecule has 9 heteroatoms. The molecule has 0 atom stereocenters. The molecule has 26 heavy (non-hydrogen) atoms. The number of nitrogens with one attached hydrogen (secondary N) is 1. The standard InChI is InChI=1S/C17H14F3NO5/c1-3-5-9-11(21-16(24)17(18,19)20)7-6-10-12(22)8-13(26-14(9)10)15(23)25-4-2/h3,6-8H,1,4-5H2,2H3,(H,21,24). The van der Waals surface area contributed by atoms with Gasteiger partial charge in [-0.25, -0.2) is 4.79 Å². The number of allylic oxidation sites excluding steroid dienone is 1.